The van der Waals surface area contributed by atoms with Crippen molar-refractivity contribution >= 4 is 5.91 Å². The van der Waals surface area contributed by atoms with Crippen molar-refractivity contribution in [2.75, 3.05) is 13.6 Å². The van der Waals surface area contributed by atoms with Crippen molar-refractivity contribution in [3.63, 3.8) is 0 Å². The first-order chi connectivity index (χ1) is 6.49. The average molecular weight is 198 g/mol. The largest absolute Gasteiger partial charge is 0.334 e. The lowest BCUT2D eigenvalue weighted by Gasteiger charge is -2.47. The molecule has 0 saturated carbocycles. The molecule has 0 bridgehead atoms. The molecule has 1 atom stereocenters. The topological polar surface area (TPSA) is 32.3 Å². The van der Waals surface area contributed by atoms with Crippen LogP contribution in [-0.4, -0.2) is 36.0 Å². The van der Waals surface area contributed by atoms with Crippen LogP contribution in [0.2, 0.25) is 0 Å². The molecule has 0 spiro atoms. The van der Waals surface area contributed by atoms with E-state index < -0.39 is 0 Å². The second-order valence-corrected chi connectivity index (χ2v) is 4.81. The zero-order chi connectivity index (χ0) is 10.8. The number of piperidine rings is 1. The predicted octanol–water partition coefficient (Wildman–Crippen LogP) is 1.39. The van der Waals surface area contributed by atoms with Crippen LogP contribution in [0, 0.1) is 0 Å². The highest BCUT2D eigenvalue weighted by atomic mass is 16.2. The molecule has 0 radical (unpaired) electrons. The number of rotatable bonds is 2. The van der Waals surface area contributed by atoms with Gasteiger partial charge in [-0.3, -0.25) is 4.79 Å². The molecule has 1 aliphatic heterocycles. The van der Waals surface area contributed by atoms with Crippen molar-refractivity contribution in [2.45, 2.75) is 51.6 Å². The Balaban J connectivity index is 2.79. The summed E-state index contributed by atoms with van der Waals surface area (Å²) in [5, 5.41) is 3.17. The van der Waals surface area contributed by atoms with Crippen LogP contribution in [0.1, 0.15) is 40.0 Å². The van der Waals surface area contributed by atoms with Crippen molar-refractivity contribution in [1.29, 1.82) is 0 Å². The zero-order valence-electron chi connectivity index (χ0n) is 9.76. The van der Waals surface area contributed by atoms with Crippen molar-refractivity contribution < 1.29 is 4.79 Å². The Kier molecular flexibility index (Phi) is 3.53. The SMILES string of the molecule is CNCC1CCCC(C)(C)N1C(C)=O. The molecule has 14 heavy (non-hydrogen) atoms. The van der Waals surface area contributed by atoms with Gasteiger partial charge in [-0.1, -0.05) is 0 Å². The summed E-state index contributed by atoms with van der Waals surface area (Å²) < 4.78 is 0. The molecule has 0 aromatic carbocycles. The number of likely N-dealkylation sites (N-methyl/N-ethyl adjacent to an activating group) is 1. The standard InChI is InChI=1S/C11H22N2O/c1-9(14)13-10(8-12-4)6-5-7-11(13,2)3/h10,12H,5-8H2,1-4H3. The van der Waals surface area contributed by atoms with Gasteiger partial charge in [0.2, 0.25) is 5.91 Å². The van der Waals surface area contributed by atoms with Gasteiger partial charge in [0.25, 0.3) is 0 Å². The van der Waals surface area contributed by atoms with Gasteiger partial charge in [0.15, 0.2) is 0 Å². The Bertz CT molecular complexity index is 211. The van der Waals surface area contributed by atoms with Crippen LogP contribution >= 0.6 is 0 Å². The number of nitrogens with zero attached hydrogens (tertiary/aromatic N) is 1. The van der Waals surface area contributed by atoms with Crippen molar-refractivity contribution in [3.05, 3.63) is 0 Å². The molecule has 3 nitrogen and oxygen atoms in total. The molecule has 1 rings (SSSR count). The number of carbonyl (C=O) groups excluding carboxylic acids is 1. The number of nitrogens with one attached hydrogen (secondary N) is 1. The van der Waals surface area contributed by atoms with Gasteiger partial charge >= 0.3 is 0 Å². The lowest BCUT2D eigenvalue weighted by atomic mass is 9.86. The first-order valence-corrected chi connectivity index (χ1v) is 5.43. The maximum absolute atomic E-state index is 11.6. The summed E-state index contributed by atoms with van der Waals surface area (Å²) >= 11 is 0. The summed E-state index contributed by atoms with van der Waals surface area (Å²) in [6.45, 7) is 6.91. The molecule has 1 saturated heterocycles. The van der Waals surface area contributed by atoms with Crippen LogP contribution in [0.25, 0.3) is 0 Å². The van der Waals surface area contributed by atoms with E-state index in [0.717, 1.165) is 19.4 Å². The predicted molar refractivity (Wildman–Crippen MR) is 58.2 cm³/mol. The minimum Gasteiger partial charge on any atom is -0.334 e. The molecular weight excluding hydrogens is 176 g/mol. The molecule has 1 N–H and O–H groups in total. The zero-order valence-corrected chi connectivity index (χ0v) is 9.76. The van der Waals surface area contributed by atoms with E-state index in [2.05, 4.69) is 19.2 Å². The Morgan fingerprint density at radius 2 is 2.21 bits per heavy atom. The lowest BCUT2D eigenvalue weighted by molar-refractivity contribution is -0.140. The molecule has 82 valence electrons. The van der Waals surface area contributed by atoms with Crippen LogP contribution in [0.3, 0.4) is 0 Å². The van der Waals surface area contributed by atoms with E-state index in [4.69, 9.17) is 0 Å². The number of amides is 1. The molecule has 0 aromatic rings. The fourth-order valence-electron chi connectivity index (χ4n) is 2.63. The van der Waals surface area contributed by atoms with Crippen LogP contribution in [0.5, 0.6) is 0 Å². The summed E-state index contributed by atoms with van der Waals surface area (Å²) in [5.41, 5.74) is 0.0333. The van der Waals surface area contributed by atoms with E-state index in [9.17, 15) is 4.79 Å². The highest BCUT2D eigenvalue weighted by Crippen LogP contribution is 2.31. The minimum absolute atomic E-state index is 0.0333. The maximum Gasteiger partial charge on any atom is 0.220 e. The van der Waals surface area contributed by atoms with Gasteiger partial charge in [0, 0.05) is 25.0 Å². The molecular formula is C11H22N2O. The quantitative estimate of drug-likeness (QED) is 0.727. The molecule has 0 aromatic heterocycles. The summed E-state index contributed by atoms with van der Waals surface area (Å²) in [4.78, 5) is 13.6. The molecule has 0 aliphatic carbocycles. The third-order valence-electron chi connectivity index (χ3n) is 3.12. The Morgan fingerprint density at radius 3 is 2.71 bits per heavy atom. The number of likely N-dealkylation sites (tertiary alicyclic amines) is 1. The van der Waals surface area contributed by atoms with Gasteiger partial charge in [0.05, 0.1) is 0 Å². The van der Waals surface area contributed by atoms with E-state index in [0.29, 0.717) is 6.04 Å². The van der Waals surface area contributed by atoms with Gasteiger partial charge in [-0.15, -0.1) is 0 Å². The van der Waals surface area contributed by atoms with Gasteiger partial charge in [0.1, 0.15) is 0 Å². The second-order valence-electron chi connectivity index (χ2n) is 4.81. The third-order valence-corrected chi connectivity index (χ3v) is 3.12. The summed E-state index contributed by atoms with van der Waals surface area (Å²) in [6.07, 6.45) is 3.47. The summed E-state index contributed by atoms with van der Waals surface area (Å²) in [7, 11) is 1.94. The molecule has 3 heteroatoms. The lowest BCUT2D eigenvalue weighted by Crippen LogP contribution is -2.57. The number of hydrogen-bond acceptors (Lipinski definition) is 2. The molecule has 1 heterocycles. The number of carbonyl (C=O) groups is 1. The van der Waals surface area contributed by atoms with Crippen LogP contribution < -0.4 is 5.32 Å². The monoisotopic (exact) mass is 198 g/mol. The fourth-order valence-corrected chi connectivity index (χ4v) is 2.63. The van der Waals surface area contributed by atoms with E-state index in [1.807, 2.05) is 11.9 Å². The van der Waals surface area contributed by atoms with Gasteiger partial charge < -0.3 is 10.2 Å². The molecule has 1 fully saturated rings. The van der Waals surface area contributed by atoms with Crippen LogP contribution in [0.4, 0.5) is 0 Å². The van der Waals surface area contributed by atoms with Crippen molar-refractivity contribution in [2.24, 2.45) is 0 Å². The highest BCUT2D eigenvalue weighted by molar-refractivity contribution is 5.74. The molecule has 1 aliphatic rings. The third kappa shape index (κ3) is 2.27. The van der Waals surface area contributed by atoms with Crippen molar-refractivity contribution in [1.82, 2.24) is 10.2 Å². The molecule has 1 amide bonds. The first kappa shape index (κ1) is 11.5. The van der Waals surface area contributed by atoms with Gasteiger partial charge in [-0.25, -0.2) is 0 Å². The first-order valence-electron chi connectivity index (χ1n) is 5.43. The number of hydrogen-bond donors (Lipinski definition) is 1. The van der Waals surface area contributed by atoms with Gasteiger partial charge in [-0.05, 0) is 40.2 Å². The summed E-state index contributed by atoms with van der Waals surface area (Å²) in [5.74, 6) is 0.204. The Morgan fingerprint density at radius 1 is 1.57 bits per heavy atom. The van der Waals surface area contributed by atoms with E-state index in [-0.39, 0.29) is 11.4 Å². The van der Waals surface area contributed by atoms with E-state index in [1.54, 1.807) is 6.92 Å². The normalized spacial score (nSPS) is 26.3. The Hall–Kier alpha value is -0.570. The minimum atomic E-state index is 0.0333. The average Bonchev–Trinajstić information content (AvgIpc) is 2.01. The Labute approximate surface area is 86.9 Å². The highest BCUT2D eigenvalue weighted by Gasteiger charge is 2.37. The fraction of sp³-hybridized carbons (Fsp3) is 0.909. The van der Waals surface area contributed by atoms with Crippen LogP contribution in [0.15, 0.2) is 0 Å². The van der Waals surface area contributed by atoms with Crippen molar-refractivity contribution in [3.8, 4) is 0 Å². The second kappa shape index (κ2) is 4.30. The van der Waals surface area contributed by atoms with E-state index >= 15 is 0 Å². The van der Waals surface area contributed by atoms with E-state index in [1.165, 1.54) is 6.42 Å². The molecule has 1 unspecified atom stereocenters. The smallest absolute Gasteiger partial charge is 0.220 e. The summed E-state index contributed by atoms with van der Waals surface area (Å²) in [6, 6.07) is 0.376. The van der Waals surface area contributed by atoms with Crippen LogP contribution in [-0.2, 0) is 4.79 Å². The van der Waals surface area contributed by atoms with Gasteiger partial charge in [-0.2, -0.15) is 0 Å². The maximum atomic E-state index is 11.6.